The predicted octanol–water partition coefficient (Wildman–Crippen LogP) is 0.442. The number of hydrogen-bond donors (Lipinski definition) is 1. The van der Waals surface area contributed by atoms with Crippen LogP contribution in [-0.2, 0) is 14.8 Å². The summed E-state index contributed by atoms with van der Waals surface area (Å²) >= 11 is 0. The number of hydrogen-bond acceptors (Lipinski definition) is 5. The number of carbonyl (C=O) groups is 1. The van der Waals surface area contributed by atoms with Crippen molar-refractivity contribution >= 4 is 21.7 Å². The first-order valence-electron chi connectivity index (χ1n) is 5.34. The molecule has 1 saturated heterocycles. The molecular weight excluding hydrogens is 276 g/mol. The molecule has 0 saturated carbocycles. The first-order valence-corrected chi connectivity index (χ1v) is 6.78. The molecular formula is C10H10N2O6S. The minimum absolute atomic E-state index is 0.0470. The van der Waals surface area contributed by atoms with E-state index in [1.54, 1.807) is 0 Å². The normalized spacial score (nSPS) is 19.7. The number of para-hydroxylation sites is 1. The molecule has 0 amide bonds. The van der Waals surface area contributed by atoms with Gasteiger partial charge in [0.2, 0.25) is 0 Å². The Bertz CT molecular complexity index is 641. The monoisotopic (exact) mass is 286 g/mol. The van der Waals surface area contributed by atoms with Gasteiger partial charge in [-0.15, -0.1) is 0 Å². The number of sulfonamides is 1. The van der Waals surface area contributed by atoms with Crippen LogP contribution in [0.1, 0.15) is 6.42 Å². The molecule has 0 spiro atoms. The number of nitrogens with zero attached hydrogens (tertiary/aromatic N) is 2. The van der Waals surface area contributed by atoms with Crippen molar-refractivity contribution in [2.45, 2.75) is 17.4 Å². The van der Waals surface area contributed by atoms with E-state index in [2.05, 4.69) is 0 Å². The molecule has 0 aliphatic carbocycles. The highest BCUT2D eigenvalue weighted by molar-refractivity contribution is 7.89. The summed E-state index contributed by atoms with van der Waals surface area (Å²) in [6, 6.07) is 3.73. The number of aliphatic carboxylic acids is 1. The molecule has 1 fully saturated rings. The fraction of sp³-hybridized carbons (Fsp3) is 0.300. The SMILES string of the molecule is O=C(O)C1CCN1S(=O)(=O)c1ccccc1[N+](=O)[O-]. The molecule has 0 radical (unpaired) electrons. The fourth-order valence-corrected chi connectivity index (χ4v) is 3.64. The van der Waals surface area contributed by atoms with Crippen LogP contribution < -0.4 is 0 Å². The van der Waals surface area contributed by atoms with Gasteiger partial charge in [0, 0.05) is 12.6 Å². The molecule has 1 aromatic rings. The Kier molecular flexibility index (Phi) is 3.25. The van der Waals surface area contributed by atoms with Gasteiger partial charge in [0.1, 0.15) is 6.04 Å². The van der Waals surface area contributed by atoms with Gasteiger partial charge in [0.15, 0.2) is 4.90 Å². The van der Waals surface area contributed by atoms with E-state index in [0.29, 0.717) is 0 Å². The third-order valence-electron chi connectivity index (χ3n) is 2.90. The second-order valence-electron chi connectivity index (χ2n) is 3.98. The van der Waals surface area contributed by atoms with Gasteiger partial charge in [-0.1, -0.05) is 12.1 Å². The van der Waals surface area contributed by atoms with Crippen LogP contribution in [0, 0.1) is 10.1 Å². The molecule has 1 aliphatic heterocycles. The molecule has 1 aromatic carbocycles. The number of nitro groups is 1. The third kappa shape index (κ3) is 2.17. The fourth-order valence-electron chi connectivity index (χ4n) is 1.85. The zero-order chi connectivity index (χ0) is 14.2. The van der Waals surface area contributed by atoms with E-state index >= 15 is 0 Å². The average molecular weight is 286 g/mol. The predicted molar refractivity (Wildman–Crippen MR) is 63.0 cm³/mol. The van der Waals surface area contributed by atoms with Crippen molar-refractivity contribution in [3.8, 4) is 0 Å². The Morgan fingerprint density at radius 2 is 2.05 bits per heavy atom. The number of rotatable bonds is 4. The molecule has 19 heavy (non-hydrogen) atoms. The molecule has 0 aromatic heterocycles. The molecule has 1 N–H and O–H groups in total. The lowest BCUT2D eigenvalue weighted by molar-refractivity contribution is -0.387. The van der Waals surface area contributed by atoms with E-state index in [0.717, 1.165) is 16.4 Å². The third-order valence-corrected chi connectivity index (χ3v) is 4.86. The summed E-state index contributed by atoms with van der Waals surface area (Å²) in [5.74, 6) is -1.26. The highest BCUT2D eigenvalue weighted by Crippen LogP contribution is 2.31. The molecule has 1 heterocycles. The van der Waals surface area contributed by atoms with E-state index in [-0.39, 0.29) is 13.0 Å². The minimum atomic E-state index is -4.16. The van der Waals surface area contributed by atoms with Gasteiger partial charge in [0.05, 0.1) is 4.92 Å². The van der Waals surface area contributed by atoms with Crippen molar-refractivity contribution < 1.29 is 23.2 Å². The van der Waals surface area contributed by atoms with E-state index in [1.165, 1.54) is 12.1 Å². The van der Waals surface area contributed by atoms with Gasteiger partial charge in [-0.2, -0.15) is 4.31 Å². The van der Waals surface area contributed by atoms with Crippen LogP contribution in [0.3, 0.4) is 0 Å². The van der Waals surface area contributed by atoms with E-state index in [4.69, 9.17) is 5.11 Å². The Morgan fingerprint density at radius 1 is 1.42 bits per heavy atom. The van der Waals surface area contributed by atoms with Gasteiger partial charge < -0.3 is 5.11 Å². The summed E-state index contributed by atoms with van der Waals surface area (Å²) in [5.41, 5.74) is -0.557. The first kappa shape index (κ1) is 13.4. The number of carboxylic acid groups (broad SMARTS) is 1. The van der Waals surface area contributed by atoms with Crippen LogP contribution in [0.2, 0.25) is 0 Å². The Hall–Kier alpha value is -2.00. The van der Waals surface area contributed by atoms with Crippen LogP contribution in [0.4, 0.5) is 5.69 Å². The summed E-state index contributed by atoms with van der Waals surface area (Å²) in [4.78, 5) is 20.4. The minimum Gasteiger partial charge on any atom is -0.480 e. The zero-order valence-corrected chi connectivity index (χ0v) is 10.4. The van der Waals surface area contributed by atoms with Gasteiger partial charge in [-0.05, 0) is 12.5 Å². The lowest BCUT2D eigenvalue weighted by Gasteiger charge is -2.36. The van der Waals surface area contributed by atoms with Crippen molar-refractivity contribution in [1.82, 2.24) is 4.31 Å². The summed E-state index contributed by atoms with van der Waals surface area (Å²) in [7, 11) is -4.16. The number of benzene rings is 1. The van der Waals surface area contributed by atoms with Crippen molar-refractivity contribution in [2.75, 3.05) is 6.54 Å². The van der Waals surface area contributed by atoms with Crippen molar-refractivity contribution in [2.24, 2.45) is 0 Å². The standard InChI is InChI=1S/C10H10N2O6S/c13-10(14)8-5-6-11(8)19(17,18)9-4-2-1-3-7(9)12(15)16/h1-4,8H,5-6H2,(H,13,14). The number of nitro benzene ring substituents is 1. The topological polar surface area (TPSA) is 118 Å². The van der Waals surface area contributed by atoms with Crippen LogP contribution in [0.25, 0.3) is 0 Å². The lowest BCUT2D eigenvalue weighted by Crippen LogP contribution is -2.54. The molecule has 8 nitrogen and oxygen atoms in total. The van der Waals surface area contributed by atoms with Crippen molar-refractivity contribution in [1.29, 1.82) is 0 Å². The maximum Gasteiger partial charge on any atom is 0.322 e. The second-order valence-corrected chi connectivity index (χ2v) is 5.84. The summed E-state index contributed by atoms with van der Waals surface area (Å²) in [6.45, 7) is 0.0470. The molecule has 1 aliphatic rings. The highest BCUT2D eigenvalue weighted by Gasteiger charge is 2.44. The lowest BCUT2D eigenvalue weighted by atomic mass is 10.1. The first-order chi connectivity index (χ1) is 8.85. The number of carboxylic acids is 1. The second kappa shape index (κ2) is 4.59. The van der Waals surface area contributed by atoms with Gasteiger partial charge >= 0.3 is 5.97 Å². The van der Waals surface area contributed by atoms with Crippen LogP contribution in [0.15, 0.2) is 29.2 Å². The summed E-state index contributed by atoms with van der Waals surface area (Å²) in [5, 5.41) is 19.7. The summed E-state index contributed by atoms with van der Waals surface area (Å²) in [6.07, 6.45) is 0.204. The molecule has 2 rings (SSSR count). The van der Waals surface area contributed by atoms with Crippen LogP contribution >= 0.6 is 0 Å². The van der Waals surface area contributed by atoms with Gasteiger partial charge in [-0.3, -0.25) is 14.9 Å². The average Bonchev–Trinajstić information content (AvgIpc) is 2.26. The molecule has 1 unspecified atom stereocenters. The quantitative estimate of drug-likeness (QED) is 0.634. The van der Waals surface area contributed by atoms with E-state index in [1.807, 2.05) is 0 Å². The van der Waals surface area contributed by atoms with Crippen LogP contribution in [-0.4, -0.2) is 41.3 Å². The largest absolute Gasteiger partial charge is 0.480 e. The zero-order valence-electron chi connectivity index (χ0n) is 9.59. The summed E-state index contributed by atoms with van der Waals surface area (Å²) < 4.78 is 25.2. The molecule has 9 heteroatoms. The Balaban J connectivity index is 2.46. The molecule has 0 bridgehead atoms. The van der Waals surface area contributed by atoms with E-state index < -0.39 is 37.5 Å². The van der Waals surface area contributed by atoms with E-state index in [9.17, 15) is 23.3 Å². The maximum absolute atomic E-state index is 12.2. The maximum atomic E-state index is 12.2. The Labute approximate surface area is 108 Å². The smallest absolute Gasteiger partial charge is 0.322 e. The van der Waals surface area contributed by atoms with Crippen LogP contribution in [0.5, 0.6) is 0 Å². The van der Waals surface area contributed by atoms with Crippen molar-refractivity contribution in [3.63, 3.8) is 0 Å². The molecule has 102 valence electrons. The Morgan fingerprint density at radius 3 is 2.53 bits per heavy atom. The van der Waals surface area contributed by atoms with Gasteiger partial charge in [-0.25, -0.2) is 8.42 Å². The van der Waals surface area contributed by atoms with Gasteiger partial charge in [0.25, 0.3) is 15.7 Å². The van der Waals surface area contributed by atoms with Crippen molar-refractivity contribution in [3.05, 3.63) is 34.4 Å². The molecule has 1 atom stereocenters. The highest BCUT2D eigenvalue weighted by atomic mass is 32.2.